The zero-order chi connectivity index (χ0) is 13.8. The number of carbonyl (C=O) groups is 1. The Morgan fingerprint density at radius 2 is 2.16 bits per heavy atom. The largest absolute Gasteiger partial charge is 0.381 e. The molecule has 5 heteroatoms. The van der Waals surface area contributed by atoms with E-state index >= 15 is 0 Å². The lowest BCUT2D eigenvalue weighted by Crippen LogP contribution is -2.56. The van der Waals surface area contributed by atoms with Crippen LogP contribution in [0.4, 0.5) is 4.79 Å². The molecule has 5 nitrogen and oxygen atoms in total. The first-order valence-corrected chi connectivity index (χ1v) is 7.44. The Morgan fingerprint density at radius 1 is 1.37 bits per heavy atom. The number of urea groups is 1. The molecular formula is C14H27N3O2. The van der Waals surface area contributed by atoms with E-state index in [2.05, 4.69) is 6.92 Å². The Balaban J connectivity index is 1.97. The Hall–Kier alpha value is -0.810. The number of ether oxygens (including phenoxy) is 1. The summed E-state index contributed by atoms with van der Waals surface area (Å²) in [5.41, 5.74) is 5.84. The van der Waals surface area contributed by atoms with Crippen molar-refractivity contribution in [1.82, 2.24) is 9.80 Å². The highest BCUT2D eigenvalue weighted by molar-refractivity contribution is 5.75. The Kier molecular flexibility index (Phi) is 5.05. The minimum absolute atomic E-state index is 0.128. The van der Waals surface area contributed by atoms with Crippen molar-refractivity contribution >= 4 is 6.03 Å². The topological polar surface area (TPSA) is 58.8 Å². The number of likely N-dealkylation sites (tertiary alicyclic amines) is 2. The van der Waals surface area contributed by atoms with Crippen LogP contribution in [0.25, 0.3) is 0 Å². The summed E-state index contributed by atoms with van der Waals surface area (Å²) in [5, 5.41) is 0. The van der Waals surface area contributed by atoms with Gasteiger partial charge in [0.15, 0.2) is 0 Å². The second kappa shape index (κ2) is 6.57. The molecule has 2 N–H and O–H groups in total. The van der Waals surface area contributed by atoms with Gasteiger partial charge in [-0.25, -0.2) is 4.79 Å². The van der Waals surface area contributed by atoms with Crippen LogP contribution in [0.5, 0.6) is 0 Å². The van der Waals surface area contributed by atoms with Crippen LogP contribution in [0.15, 0.2) is 0 Å². The van der Waals surface area contributed by atoms with Gasteiger partial charge >= 0.3 is 6.03 Å². The number of piperidine rings is 2. The molecule has 2 heterocycles. The van der Waals surface area contributed by atoms with E-state index in [9.17, 15) is 4.79 Å². The summed E-state index contributed by atoms with van der Waals surface area (Å²) in [6.45, 7) is 5.29. The third-order valence-electron chi connectivity index (χ3n) is 4.45. The molecular weight excluding hydrogens is 242 g/mol. The molecule has 110 valence electrons. The SMILES string of the molecule is COC1CCN(C(=O)N2CCCC(C)C2)C(CN)C1. The fourth-order valence-electron chi connectivity index (χ4n) is 3.25. The van der Waals surface area contributed by atoms with Crippen LogP contribution in [0, 0.1) is 5.92 Å². The molecule has 0 spiro atoms. The maximum absolute atomic E-state index is 12.6. The summed E-state index contributed by atoms with van der Waals surface area (Å²) in [5.74, 6) is 0.616. The first-order valence-electron chi connectivity index (χ1n) is 7.44. The van der Waals surface area contributed by atoms with Crippen molar-refractivity contribution in [2.24, 2.45) is 11.7 Å². The van der Waals surface area contributed by atoms with Crippen LogP contribution < -0.4 is 5.73 Å². The summed E-state index contributed by atoms with van der Waals surface area (Å²) in [4.78, 5) is 16.6. The predicted molar refractivity (Wildman–Crippen MR) is 74.9 cm³/mol. The predicted octanol–water partition coefficient (Wildman–Crippen LogP) is 1.28. The van der Waals surface area contributed by atoms with Crippen LogP contribution in [0.2, 0.25) is 0 Å². The Morgan fingerprint density at radius 3 is 2.79 bits per heavy atom. The van der Waals surface area contributed by atoms with Gasteiger partial charge in [0.2, 0.25) is 0 Å². The molecule has 3 atom stereocenters. The van der Waals surface area contributed by atoms with E-state index in [4.69, 9.17) is 10.5 Å². The molecule has 0 aliphatic carbocycles. The molecule has 2 rings (SSSR count). The second-order valence-electron chi connectivity index (χ2n) is 5.94. The lowest BCUT2D eigenvalue weighted by molar-refractivity contribution is 0.0182. The minimum atomic E-state index is 0.128. The fraction of sp³-hybridized carbons (Fsp3) is 0.929. The molecule has 0 aromatic heterocycles. The molecule has 0 radical (unpaired) electrons. The van der Waals surface area contributed by atoms with E-state index in [1.807, 2.05) is 9.80 Å². The van der Waals surface area contributed by atoms with Crippen LogP contribution in [-0.4, -0.2) is 61.3 Å². The molecule has 0 saturated carbocycles. The zero-order valence-corrected chi connectivity index (χ0v) is 12.2. The summed E-state index contributed by atoms with van der Waals surface area (Å²) in [6, 6.07) is 0.306. The van der Waals surface area contributed by atoms with Crippen LogP contribution in [0.3, 0.4) is 0 Å². The summed E-state index contributed by atoms with van der Waals surface area (Å²) in [6.07, 6.45) is 4.38. The second-order valence-corrected chi connectivity index (χ2v) is 5.94. The Labute approximate surface area is 116 Å². The van der Waals surface area contributed by atoms with Crippen molar-refractivity contribution < 1.29 is 9.53 Å². The average Bonchev–Trinajstić information content (AvgIpc) is 2.45. The van der Waals surface area contributed by atoms with E-state index in [0.717, 1.165) is 38.9 Å². The molecule has 2 aliphatic rings. The van der Waals surface area contributed by atoms with Crippen LogP contribution in [0.1, 0.15) is 32.6 Å². The standard InChI is InChI=1S/C14H27N3O2/c1-11-4-3-6-16(10-11)14(18)17-7-5-13(19-2)8-12(17)9-15/h11-13H,3-10,15H2,1-2H3. The molecule has 19 heavy (non-hydrogen) atoms. The molecule has 2 amide bonds. The van der Waals surface area contributed by atoms with Crippen LogP contribution in [-0.2, 0) is 4.74 Å². The third kappa shape index (κ3) is 3.39. The van der Waals surface area contributed by atoms with Gasteiger partial charge in [-0.15, -0.1) is 0 Å². The maximum atomic E-state index is 12.6. The molecule has 3 unspecified atom stereocenters. The van der Waals surface area contributed by atoms with Gasteiger partial charge in [0, 0.05) is 39.3 Å². The zero-order valence-electron chi connectivity index (χ0n) is 12.2. The van der Waals surface area contributed by atoms with Crippen molar-refractivity contribution in [1.29, 1.82) is 0 Å². The van der Waals surface area contributed by atoms with Crippen molar-refractivity contribution in [3.05, 3.63) is 0 Å². The maximum Gasteiger partial charge on any atom is 0.320 e. The number of carbonyl (C=O) groups excluding carboxylic acids is 1. The molecule has 0 aromatic rings. The van der Waals surface area contributed by atoms with Gasteiger partial charge in [0.25, 0.3) is 0 Å². The monoisotopic (exact) mass is 269 g/mol. The number of hydrogen-bond donors (Lipinski definition) is 1. The van der Waals surface area contributed by atoms with Gasteiger partial charge in [-0.3, -0.25) is 0 Å². The van der Waals surface area contributed by atoms with Gasteiger partial charge in [-0.1, -0.05) is 6.92 Å². The highest BCUT2D eigenvalue weighted by atomic mass is 16.5. The van der Waals surface area contributed by atoms with Crippen molar-refractivity contribution in [2.75, 3.05) is 33.3 Å². The molecule has 2 aliphatic heterocycles. The number of rotatable bonds is 2. The normalized spacial score (nSPS) is 32.5. The van der Waals surface area contributed by atoms with Gasteiger partial charge in [0.1, 0.15) is 0 Å². The van der Waals surface area contributed by atoms with Crippen LogP contribution >= 0.6 is 0 Å². The summed E-state index contributed by atoms with van der Waals surface area (Å²) < 4.78 is 5.41. The van der Waals surface area contributed by atoms with E-state index in [1.54, 1.807) is 7.11 Å². The van der Waals surface area contributed by atoms with Gasteiger partial charge in [-0.05, 0) is 31.6 Å². The van der Waals surface area contributed by atoms with E-state index < -0.39 is 0 Å². The van der Waals surface area contributed by atoms with Gasteiger partial charge in [-0.2, -0.15) is 0 Å². The lowest BCUT2D eigenvalue weighted by Gasteiger charge is -2.42. The summed E-state index contributed by atoms with van der Waals surface area (Å²) >= 11 is 0. The fourth-order valence-corrected chi connectivity index (χ4v) is 3.25. The number of methoxy groups -OCH3 is 1. The van der Waals surface area contributed by atoms with Crippen molar-refractivity contribution in [2.45, 2.75) is 44.8 Å². The summed E-state index contributed by atoms with van der Waals surface area (Å²) in [7, 11) is 1.74. The van der Waals surface area contributed by atoms with Crippen molar-refractivity contribution in [3.8, 4) is 0 Å². The van der Waals surface area contributed by atoms with Gasteiger partial charge in [0.05, 0.1) is 6.10 Å². The third-order valence-corrected chi connectivity index (χ3v) is 4.45. The van der Waals surface area contributed by atoms with Gasteiger partial charge < -0.3 is 20.3 Å². The number of nitrogens with two attached hydrogens (primary N) is 1. The van der Waals surface area contributed by atoms with E-state index in [-0.39, 0.29) is 18.2 Å². The molecule has 2 saturated heterocycles. The average molecular weight is 269 g/mol. The first-order chi connectivity index (χ1) is 9.15. The smallest absolute Gasteiger partial charge is 0.320 e. The first kappa shape index (κ1) is 14.6. The van der Waals surface area contributed by atoms with E-state index in [0.29, 0.717) is 12.5 Å². The molecule has 0 aromatic carbocycles. The molecule has 0 bridgehead atoms. The number of nitrogens with zero attached hydrogens (tertiary/aromatic N) is 2. The number of hydrogen-bond acceptors (Lipinski definition) is 3. The highest BCUT2D eigenvalue weighted by Gasteiger charge is 2.34. The highest BCUT2D eigenvalue weighted by Crippen LogP contribution is 2.23. The minimum Gasteiger partial charge on any atom is -0.381 e. The van der Waals surface area contributed by atoms with Crippen molar-refractivity contribution in [3.63, 3.8) is 0 Å². The quantitative estimate of drug-likeness (QED) is 0.821. The number of amides is 2. The lowest BCUT2D eigenvalue weighted by atomic mass is 9.98. The van der Waals surface area contributed by atoms with E-state index in [1.165, 1.54) is 6.42 Å². The molecule has 2 fully saturated rings. The Bertz CT molecular complexity index is 311.